The van der Waals surface area contributed by atoms with Crippen LogP contribution in [0.25, 0.3) is 0 Å². The molecular formula is C20H38O2. The lowest BCUT2D eigenvalue weighted by Gasteiger charge is -2.42. The Morgan fingerprint density at radius 3 is 1.82 bits per heavy atom. The summed E-state index contributed by atoms with van der Waals surface area (Å²) in [5.74, 6) is 0.771. The Hall–Kier alpha value is -0.530. The molecular weight excluding hydrogens is 272 g/mol. The van der Waals surface area contributed by atoms with Gasteiger partial charge in [0.05, 0.1) is 5.41 Å². The maximum Gasteiger partial charge on any atom is 0.312 e. The first-order chi connectivity index (χ1) is 9.91. The van der Waals surface area contributed by atoms with Gasteiger partial charge in [0.25, 0.3) is 0 Å². The van der Waals surface area contributed by atoms with Crippen LogP contribution in [0.5, 0.6) is 0 Å². The Bertz CT molecular complexity index is 364. The lowest BCUT2D eigenvalue weighted by molar-refractivity contribution is -0.170. The largest absolute Gasteiger partial charge is 0.462 e. The smallest absolute Gasteiger partial charge is 0.312 e. The highest BCUT2D eigenvalue weighted by atomic mass is 16.5. The van der Waals surface area contributed by atoms with Gasteiger partial charge in [0.2, 0.25) is 0 Å². The van der Waals surface area contributed by atoms with Gasteiger partial charge in [-0.25, -0.2) is 0 Å². The third-order valence-electron chi connectivity index (χ3n) is 6.03. The summed E-state index contributed by atoms with van der Waals surface area (Å²) in [6.07, 6.45) is 6.46. The first-order valence-electron chi connectivity index (χ1n) is 9.13. The lowest BCUT2D eigenvalue weighted by Crippen LogP contribution is -2.43. The van der Waals surface area contributed by atoms with Crippen molar-refractivity contribution in [1.82, 2.24) is 0 Å². The van der Waals surface area contributed by atoms with Gasteiger partial charge in [0.15, 0.2) is 0 Å². The predicted molar refractivity (Wildman–Crippen MR) is 93.8 cm³/mol. The zero-order chi connectivity index (χ0) is 17.2. The minimum atomic E-state index is -0.386. The molecule has 1 saturated carbocycles. The Morgan fingerprint density at radius 2 is 1.45 bits per heavy atom. The molecule has 1 fully saturated rings. The van der Waals surface area contributed by atoms with E-state index in [0.717, 1.165) is 31.6 Å². The summed E-state index contributed by atoms with van der Waals surface area (Å²) in [7, 11) is 0. The van der Waals surface area contributed by atoms with Crippen molar-refractivity contribution >= 4 is 5.97 Å². The van der Waals surface area contributed by atoms with Crippen molar-refractivity contribution in [3.05, 3.63) is 0 Å². The second kappa shape index (κ2) is 6.93. The van der Waals surface area contributed by atoms with E-state index in [0.29, 0.717) is 5.41 Å². The molecule has 0 aliphatic heterocycles. The van der Waals surface area contributed by atoms with Gasteiger partial charge < -0.3 is 4.74 Å². The van der Waals surface area contributed by atoms with Crippen LogP contribution in [0.2, 0.25) is 0 Å². The molecule has 1 unspecified atom stereocenters. The van der Waals surface area contributed by atoms with Gasteiger partial charge in [-0.15, -0.1) is 0 Å². The van der Waals surface area contributed by atoms with Crippen LogP contribution in [-0.2, 0) is 9.53 Å². The zero-order valence-electron chi connectivity index (χ0n) is 16.2. The van der Waals surface area contributed by atoms with Crippen molar-refractivity contribution < 1.29 is 9.53 Å². The zero-order valence-corrected chi connectivity index (χ0v) is 16.2. The van der Waals surface area contributed by atoms with Crippen molar-refractivity contribution in [3.8, 4) is 0 Å². The number of ether oxygens (including phenoxy) is 1. The lowest BCUT2D eigenvalue weighted by atomic mass is 9.65. The van der Waals surface area contributed by atoms with Crippen LogP contribution in [0.1, 0.15) is 93.9 Å². The number of carbonyl (C=O) groups is 1. The average molecular weight is 311 g/mol. The molecule has 1 atom stereocenters. The van der Waals surface area contributed by atoms with E-state index in [2.05, 4.69) is 55.4 Å². The van der Waals surface area contributed by atoms with Crippen molar-refractivity contribution in [2.45, 2.75) is 100 Å². The monoisotopic (exact) mass is 310 g/mol. The fourth-order valence-electron chi connectivity index (χ4n) is 3.61. The molecule has 0 aromatic rings. The molecule has 130 valence electrons. The first-order valence-corrected chi connectivity index (χ1v) is 9.13. The first kappa shape index (κ1) is 19.5. The topological polar surface area (TPSA) is 26.3 Å². The number of hydrogen-bond donors (Lipinski definition) is 0. The summed E-state index contributed by atoms with van der Waals surface area (Å²) in [4.78, 5) is 12.8. The quantitative estimate of drug-likeness (QED) is 0.596. The van der Waals surface area contributed by atoms with Gasteiger partial charge in [-0.3, -0.25) is 4.79 Å². The molecule has 0 heterocycles. The molecule has 1 aliphatic carbocycles. The minimum absolute atomic E-state index is 0.0149. The summed E-state index contributed by atoms with van der Waals surface area (Å²) in [6, 6.07) is 0. The molecule has 1 rings (SSSR count). The maximum absolute atomic E-state index is 12.8. The van der Waals surface area contributed by atoms with E-state index in [9.17, 15) is 4.79 Å². The average Bonchev–Trinajstić information content (AvgIpc) is 2.37. The van der Waals surface area contributed by atoms with Gasteiger partial charge in [0.1, 0.15) is 6.10 Å². The Balaban J connectivity index is 2.66. The van der Waals surface area contributed by atoms with E-state index in [4.69, 9.17) is 4.74 Å². The van der Waals surface area contributed by atoms with Crippen LogP contribution >= 0.6 is 0 Å². The minimum Gasteiger partial charge on any atom is -0.462 e. The number of rotatable bonds is 4. The molecule has 0 spiro atoms. The molecule has 0 aromatic carbocycles. The Kier molecular flexibility index (Phi) is 6.14. The van der Waals surface area contributed by atoms with Crippen LogP contribution in [0.4, 0.5) is 0 Å². The van der Waals surface area contributed by atoms with Gasteiger partial charge in [0, 0.05) is 0 Å². The normalized spacial score (nSPS) is 26.4. The van der Waals surface area contributed by atoms with Gasteiger partial charge in [-0.05, 0) is 55.8 Å². The second-order valence-electron chi connectivity index (χ2n) is 9.58. The molecule has 0 radical (unpaired) electrons. The fraction of sp³-hybridized carbons (Fsp3) is 0.950. The van der Waals surface area contributed by atoms with Crippen molar-refractivity contribution in [1.29, 1.82) is 0 Å². The van der Waals surface area contributed by atoms with Gasteiger partial charge in [-0.1, -0.05) is 54.9 Å². The highest BCUT2D eigenvalue weighted by Gasteiger charge is 2.45. The molecule has 2 heteroatoms. The SMILES string of the molecule is CCCC(C)(C(=O)OC1CCC(C(C)(C)C)CC1)C(C)(C)C. The highest BCUT2D eigenvalue weighted by molar-refractivity contribution is 5.77. The molecule has 22 heavy (non-hydrogen) atoms. The van der Waals surface area contributed by atoms with Crippen LogP contribution < -0.4 is 0 Å². The summed E-state index contributed by atoms with van der Waals surface area (Å²) in [5, 5.41) is 0. The molecule has 0 amide bonds. The van der Waals surface area contributed by atoms with E-state index < -0.39 is 0 Å². The fourth-order valence-corrected chi connectivity index (χ4v) is 3.61. The summed E-state index contributed by atoms with van der Waals surface area (Å²) >= 11 is 0. The highest BCUT2D eigenvalue weighted by Crippen LogP contribution is 2.45. The Labute approximate surface area is 138 Å². The standard InChI is InChI=1S/C20H38O2/c1-9-14-20(8,19(5,6)7)17(21)22-16-12-10-15(11-13-16)18(2,3)4/h15-16H,9-14H2,1-8H3. The summed E-state index contributed by atoms with van der Waals surface area (Å²) in [6.45, 7) is 17.7. The predicted octanol–water partition coefficient (Wildman–Crippen LogP) is 5.99. The van der Waals surface area contributed by atoms with Crippen molar-refractivity contribution in [3.63, 3.8) is 0 Å². The molecule has 2 nitrogen and oxygen atoms in total. The van der Waals surface area contributed by atoms with E-state index in [-0.39, 0.29) is 22.9 Å². The van der Waals surface area contributed by atoms with E-state index >= 15 is 0 Å². The van der Waals surface area contributed by atoms with Crippen LogP contribution in [0.3, 0.4) is 0 Å². The molecule has 0 N–H and O–H groups in total. The van der Waals surface area contributed by atoms with Crippen molar-refractivity contribution in [2.24, 2.45) is 22.2 Å². The second-order valence-corrected chi connectivity index (χ2v) is 9.58. The molecule has 0 bridgehead atoms. The number of esters is 1. The maximum atomic E-state index is 12.8. The van der Waals surface area contributed by atoms with Crippen LogP contribution in [0.15, 0.2) is 0 Å². The molecule has 0 saturated heterocycles. The van der Waals surface area contributed by atoms with Crippen LogP contribution in [-0.4, -0.2) is 12.1 Å². The van der Waals surface area contributed by atoms with E-state index in [1.165, 1.54) is 12.8 Å². The Morgan fingerprint density at radius 1 is 0.955 bits per heavy atom. The third kappa shape index (κ3) is 4.49. The van der Waals surface area contributed by atoms with E-state index in [1.807, 2.05) is 0 Å². The molecule has 0 aromatic heterocycles. The van der Waals surface area contributed by atoms with Crippen molar-refractivity contribution in [2.75, 3.05) is 0 Å². The summed E-state index contributed by atoms with van der Waals surface area (Å²) in [5.41, 5.74) is -0.0809. The van der Waals surface area contributed by atoms with Gasteiger partial charge in [-0.2, -0.15) is 0 Å². The van der Waals surface area contributed by atoms with E-state index in [1.54, 1.807) is 0 Å². The summed E-state index contributed by atoms with van der Waals surface area (Å²) < 4.78 is 5.96. The van der Waals surface area contributed by atoms with Gasteiger partial charge >= 0.3 is 5.97 Å². The third-order valence-corrected chi connectivity index (χ3v) is 6.03. The molecule has 1 aliphatic rings. The number of hydrogen-bond acceptors (Lipinski definition) is 2. The van der Waals surface area contributed by atoms with Crippen LogP contribution in [0, 0.1) is 22.2 Å². The number of carbonyl (C=O) groups excluding carboxylic acids is 1.